The minimum Gasteiger partial charge on any atom is -0.455 e. The van der Waals surface area contributed by atoms with Gasteiger partial charge in [-0.25, -0.2) is 4.39 Å². The van der Waals surface area contributed by atoms with Gasteiger partial charge in [0.2, 0.25) is 0 Å². The summed E-state index contributed by atoms with van der Waals surface area (Å²) < 4.78 is 17.7. The number of hydrogen-bond donors (Lipinski definition) is 1. The lowest BCUT2D eigenvalue weighted by molar-refractivity contribution is -0.152. The number of halogens is 1. The van der Waals surface area contributed by atoms with Gasteiger partial charge in [0.15, 0.2) is 6.61 Å². The molecule has 1 aliphatic rings. The fourth-order valence-corrected chi connectivity index (χ4v) is 2.27. The molecule has 1 aliphatic carbocycles. The van der Waals surface area contributed by atoms with Crippen LogP contribution in [0, 0.1) is 11.7 Å². The third kappa shape index (κ3) is 4.33. The van der Waals surface area contributed by atoms with Crippen molar-refractivity contribution in [2.75, 3.05) is 6.61 Å². The van der Waals surface area contributed by atoms with Crippen LogP contribution in [0.25, 0.3) is 0 Å². The van der Waals surface area contributed by atoms with Crippen LogP contribution in [0.2, 0.25) is 0 Å². The van der Waals surface area contributed by atoms with Crippen molar-refractivity contribution in [1.29, 1.82) is 0 Å². The zero-order valence-corrected chi connectivity index (χ0v) is 11.2. The number of benzene rings is 1. The fraction of sp³-hybridized carbons (Fsp3) is 0.467. The van der Waals surface area contributed by atoms with E-state index < -0.39 is 0 Å². The van der Waals surface area contributed by atoms with Crippen LogP contribution in [-0.4, -0.2) is 18.5 Å². The Kier molecular flexibility index (Phi) is 5.09. The third-order valence-electron chi connectivity index (χ3n) is 3.44. The van der Waals surface area contributed by atoms with Gasteiger partial charge < -0.3 is 10.1 Å². The first-order valence-electron chi connectivity index (χ1n) is 6.83. The molecule has 0 radical (unpaired) electrons. The van der Waals surface area contributed by atoms with E-state index in [1.165, 1.54) is 12.1 Å². The average molecular weight is 279 g/mol. The molecule has 2 rings (SSSR count). The minimum atomic E-state index is -0.347. The largest absolute Gasteiger partial charge is 0.455 e. The quantitative estimate of drug-likeness (QED) is 0.840. The molecule has 0 bridgehead atoms. The van der Waals surface area contributed by atoms with Gasteiger partial charge in [-0.3, -0.25) is 9.59 Å². The van der Waals surface area contributed by atoms with E-state index >= 15 is 0 Å². The number of amides is 1. The molecule has 1 aromatic rings. The van der Waals surface area contributed by atoms with E-state index in [4.69, 9.17) is 4.74 Å². The number of hydrogen-bond acceptors (Lipinski definition) is 3. The SMILES string of the molecule is O=C(COC(=O)C1CCCC1)NCc1ccc(F)cc1. The van der Waals surface area contributed by atoms with Gasteiger partial charge in [0.25, 0.3) is 5.91 Å². The maximum absolute atomic E-state index is 12.7. The van der Waals surface area contributed by atoms with Crippen LogP contribution < -0.4 is 5.32 Å². The maximum Gasteiger partial charge on any atom is 0.309 e. The molecule has 0 unspecified atom stereocenters. The van der Waals surface area contributed by atoms with Gasteiger partial charge in [0, 0.05) is 6.54 Å². The van der Waals surface area contributed by atoms with Crippen molar-refractivity contribution in [1.82, 2.24) is 5.32 Å². The molecular formula is C15H18FNO3. The van der Waals surface area contributed by atoms with Gasteiger partial charge in [-0.05, 0) is 30.5 Å². The Morgan fingerprint density at radius 1 is 1.20 bits per heavy atom. The highest BCUT2D eigenvalue weighted by Crippen LogP contribution is 2.25. The molecule has 1 N–H and O–H groups in total. The second-order valence-electron chi connectivity index (χ2n) is 4.99. The van der Waals surface area contributed by atoms with E-state index in [0.717, 1.165) is 31.2 Å². The molecule has 1 fully saturated rings. The summed E-state index contributed by atoms with van der Waals surface area (Å²) in [4.78, 5) is 23.2. The van der Waals surface area contributed by atoms with E-state index in [2.05, 4.69) is 5.32 Å². The van der Waals surface area contributed by atoms with Crippen molar-refractivity contribution in [2.24, 2.45) is 5.92 Å². The Bertz CT molecular complexity index is 467. The lowest BCUT2D eigenvalue weighted by Gasteiger charge is -2.10. The summed E-state index contributed by atoms with van der Waals surface area (Å²) in [5.74, 6) is -0.981. The molecule has 1 aromatic carbocycles. The van der Waals surface area contributed by atoms with Crippen molar-refractivity contribution in [2.45, 2.75) is 32.2 Å². The van der Waals surface area contributed by atoms with E-state index in [1.807, 2.05) is 0 Å². The van der Waals surface area contributed by atoms with Crippen LogP contribution in [0.4, 0.5) is 4.39 Å². The molecule has 0 heterocycles. The van der Waals surface area contributed by atoms with Crippen molar-refractivity contribution in [3.8, 4) is 0 Å². The number of ether oxygens (including phenoxy) is 1. The highest BCUT2D eigenvalue weighted by Gasteiger charge is 2.24. The second-order valence-corrected chi connectivity index (χ2v) is 4.99. The van der Waals surface area contributed by atoms with Crippen molar-refractivity contribution in [3.63, 3.8) is 0 Å². The summed E-state index contributed by atoms with van der Waals surface area (Å²) in [6, 6.07) is 5.86. The number of carbonyl (C=O) groups excluding carboxylic acids is 2. The molecular weight excluding hydrogens is 261 g/mol. The van der Waals surface area contributed by atoms with E-state index in [9.17, 15) is 14.0 Å². The van der Waals surface area contributed by atoms with Gasteiger partial charge in [0.1, 0.15) is 5.82 Å². The minimum absolute atomic E-state index is 0.0418. The summed E-state index contributed by atoms with van der Waals surface area (Å²) in [7, 11) is 0. The maximum atomic E-state index is 12.7. The first-order valence-corrected chi connectivity index (χ1v) is 6.83. The summed E-state index contributed by atoms with van der Waals surface area (Å²) >= 11 is 0. The highest BCUT2D eigenvalue weighted by molar-refractivity contribution is 5.81. The molecule has 108 valence electrons. The van der Waals surface area contributed by atoms with Gasteiger partial charge in [-0.1, -0.05) is 25.0 Å². The summed E-state index contributed by atoms with van der Waals surface area (Å²) in [6.07, 6.45) is 3.82. The zero-order chi connectivity index (χ0) is 14.4. The molecule has 0 aliphatic heterocycles. The smallest absolute Gasteiger partial charge is 0.309 e. The lowest BCUT2D eigenvalue weighted by atomic mass is 10.1. The summed E-state index contributed by atoms with van der Waals surface area (Å²) in [5, 5.41) is 2.63. The van der Waals surface area contributed by atoms with Gasteiger partial charge >= 0.3 is 5.97 Å². The van der Waals surface area contributed by atoms with Gasteiger partial charge in [-0.15, -0.1) is 0 Å². The summed E-state index contributed by atoms with van der Waals surface area (Å²) in [6.45, 7) is 0.0383. The van der Waals surface area contributed by atoms with E-state index in [0.29, 0.717) is 6.54 Å². The van der Waals surface area contributed by atoms with Crippen LogP contribution in [0.1, 0.15) is 31.2 Å². The fourth-order valence-electron chi connectivity index (χ4n) is 2.27. The Morgan fingerprint density at radius 2 is 1.85 bits per heavy atom. The average Bonchev–Trinajstić information content (AvgIpc) is 2.98. The Hall–Kier alpha value is -1.91. The zero-order valence-electron chi connectivity index (χ0n) is 11.2. The molecule has 0 atom stereocenters. The second kappa shape index (κ2) is 7.03. The third-order valence-corrected chi connectivity index (χ3v) is 3.44. The van der Waals surface area contributed by atoms with E-state index in [1.54, 1.807) is 12.1 Å². The molecule has 4 nitrogen and oxygen atoms in total. The Balaban J connectivity index is 1.67. The summed E-state index contributed by atoms with van der Waals surface area (Å²) in [5.41, 5.74) is 0.793. The predicted molar refractivity (Wildman–Crippen MR) is 71.2 cm³/mol. The predicted octanol–water partition coefficient (Wildman–Crippen LogP) is 2.18. The number of rotatable bonds is 5. The number of nitrogens with one attached hydrogen (secondary N) is 1. The van der Waals surface area contributed by atoms with Crippen molar-refractivity contribution in [3.05, 3.63) is 35.6 Å². The Morgan fingerprint density at radius 3 is 2.50 bits per heavy atom. The van der Waals surface area contributed by atoms with Crippen molar-refractivity contribution < 1.29 is 18.7 Å². The monoisotopic (exact) mass is 279 g/mol. The normalized spacial score (nSPS) is 15.1. The standard InChI is InChI=1S/C15H18FNO3/c16-13-7-5-11(6-8-13)9-17-14(18)10-20-15(19)12-3-1-2-4-12/h5-8,12H,1-4,9-10H2,(H,17,18). The van der Waals surface area contributed by atoms with Crippen LogP contribution in [0.15, 0.2) is 24.3 Å². The lowest BCUT2D eigenvalue weighted by Crippen LogP contribution is -2.29. The molecule has 20 heavy (non-hydrogen) atoms. The van der Waals surface area contributed by atoms with E-state index in [-0.39, 0.29) is 30.2 Å². The van der Waals surface area contributed by atoms with Crippen LogP contribution >= 0.6 is 0 Å². The first-order chi connectivity index (χ1) is 9.65. The number of carbonyl (C=O) groups is 2. The van der Waals surface area contributed by atoms with Crippen LogP contribution in [0.3, 0.4) is 0 Å². The first kappa shape index (κ1) is 14.5. The number of esters is 1. The van der Waals surface area contributed by atoms with Crippen LogP contribution in [-0.2, 0) is 20.9 Å². The molecule has 1 amide bonds. The molecule has 0 spiro atoms. The van der Waals surface area contributed by atoms with Gasteiger partial charge in [0.05, 0.1) is 5.92 Å². The molecule has 5 heteroatoms. The van der Waals surface area contributed by atoms with Crippen LogP contribution in [0.5, 0.6) is 0 Å². The van der Waals surface area contributed by atoms with Gasteiger partial charge in [-0.2, -0.15) is 0 Å². The Labute approximate surface area is 117 Å². The molecule has 0 aromatic heterocycles. The molecule has 0 saturated heterocycles. The highest BCUT2D eigenvalue weighted by atomic mass is 19.1. The molecule has 1 saturated carbocycles. The van der Waals surface area contributed by atoms with Crippen molar-refractivity contribution >= 4 is 11.9 Å². The topological polar surface area (TPSA) is 55.4 Å².